The summed E-state index contributed by atoms with van der Waals surface area (Å²) < 4.78 is 0. The molecule has 2 aliphatic rings. The Hall–Kier alpha value is -0.0800. The Labute approximate surface area is 94.2 Å². The quantitative estimate of drug-likeness (QED) is 0.657. The van der Waals surface area contributed by atoms with Crippen molar-refractivity contribution in [1.29, 1.82) is 0 Å². The minimum absolute atomic E-state index is 0.670. The van der Waals surface area contributed by atoms with Gasteiger partial charge >= 0.3 is 0 Å². The van der Waals surface area contributed by atoms with Gasteiger partial charge in [0.1, 0.15) is 0 Å². The van der Waals surface area contributed by atoms with Crippen molar-refractivity contribution in [2.24, 2.45) is 5.41 Å². The van der Waals surface area contributed by atoms with Gasteiger partial charge in [-0.25, -0.2) is 0 Å². The van der Waals surface area contributed by atoms with Crippen LogP contribution in [0.1, 0.15) is 51.9 Å². The Morgan fingerprint density at radius 2 is 2.20 bits per heavy atom. The van der Waals surface area contributed by atoms with Crippen molar-refractivity contribution in [1.82, 2.24) is 10.6 Å². The number of hydrogen-bond acceptors (Lipinski definition) is 2. The van der Waals surface area contributed by atoms with Gasteiger partial charge in [0.15, 0.2) is 0 Å². The molecule has 2 rings (SSSR count). The van der Waals surface area contributed by atoms with E-state index in [4.69, 9.17) is 0 Å². The smallest absolute Gasteiger partial charge is 0.00675 e. The van der Waals surface area contributed by atoms with E-state index in [0.29, 0.717) is 5.41 Å². The lowest BCUT2D eigenvalue weighted by molar-refractivity contribution is 0.370. The van der Waals surface area contributed by atoms with E-state index in [1.54, 1.807) is 0 Å². The Morgan fingerprint density at radius 1 is 1.33 bits per heavy atom. The fraction of sp³-hybridized carbons (Fsp3) is 1.00. The molecule has 0 aromatic heterocycles. The number of rotatable bonds is 6. The van der Waals surface area contributed by atoms with Crippen LogP contribution in [0.4, 0.5) is 0 Å². The highest BCUT2D eigenvalue weighted by Crippen LogP contribution is 2.43. The molecule has 1 saturated carbocycles. The van der Waals surface area contributed by atoms with Gasteiger partial charge in [0.05, 0.1) is 0 Å². The van der Waals surface area contributed by atoms with E-state index in [1.807, 2.05) is 0 Å². The summed E-state index contributed by atoms with van der Waals surface area (Å²) in [6.45, 7) is 6.09. The minimum atomic E-state index is 0.670. The zero-order valence-corrected chi connectivity index (χ0v) is 10.1. The summed E-state index contributed by atoms with van der Waals surface area (Å²) in [7, 11) is 0. The largest absolute Gasteiger partial charge is 0.316 e. The summed E-state index contributed by atoms with van der Waals surface area (Å²) in [6.07, 6.45) is 9.79. The van der Waals surface area contributed by atoms with Crippen LogP contribution in [0.3, 0.4) is 0 Å². The van der Waals surface area contributed by atoms with Gasteiger partial charge in [-0.3, -0.25) is 0 Å². The highest BCUT2D eigenvalue weighted by Gasteiger charge is 2.36. The molecule has 15 heavy (non-hydrogen) atoms. The molecule has 0 amide bonds. The normalized spacial score (nSPS) is 29.0. The molecule has 2 fully saturated rings. The van der Waals surface area contributed by atoms with Crippen molar-refractivity contribution < 1.29 is 0 Å². The molecule has 1 unspecified atom stereocenters. The van der Waals surface area contributed by atoms with Crippen LogP contribution in [0, 0.1) is 5.41 Å². The van der Waals surface area contributed by atoms with Gasteiger partial charge in [-0.2, -0.15) is 0 Å². The second-order valence-electron chi connectivity index (χ2n) is 5.78. The van der Waals surface area contributed by atoms with Crippen LogP contribution < -0.4 is 10.6 Å². The monoisotopic (exact) mass is 210 g/mol. The fourth-order valence-electron chi connectivity index (χ4n) is 2.42. The Morgan fingerprint density at radius 3 is 2.87 bits per heavy atom. The lowest BCUT2D eigenvalue weighted by Crippen LogP contribution is -2.34. The lowest BCUT2D eigenvalue weighted by Gasteiger charge is -2.23. The SMILES string of the molecule is CC1(CNCCCC2CCCCN2)CC1. The molecule has 1 aliphatic heterocycles. The maximum absolute atomic E-state index is 3.61. The molecular formula is C13H26N2. The first-order chi connectivity index (χ1) is 7.29. The van der Waals surface area contributed by atoms with Crippen molar-refractivity contribution >= 4 is 0 Å². The van der Waals surface area contributed by atoms with Crippen molar-refractivity contribution in [2.75, 3.05) is 19.6 Å². The van der Waals surface area contributed by atoms with Crippen LogP contribution in [-0.4, -0.2) is 25.7 Å². The van der Waals surface area contributed by atoms with E-state index in [2.05, 4.69) is 17.6 Å². The van der Waals surface area contributed by atoms with Crippen LogP contribution in [0.15, 0.2) is 0 Å². The summed E-state index contributed by atoms with van der Waals surface area (Å²) in [6, 6.07) is 0.817. The van der Waals surface area contributed by atoms with Gasteiger partial charge < -0.3 is 10.6 Å². The molecule has 2 heteroatoms. The first kappa shape index (κ1) is 11.4. The molecule has 88 valence electrons. The van der Waals surface area contributed by atoms with Gasteiger partial charge in [-0.15, -0.1) is 0 Å². The van der Waals surface area contributed by atoms with Crippen LogP contribution in [0.25, 0.3) is 0 Å². The Kier molecular flexibility index (Phi) is 4.04. The van der Waals surface area contributed by atoms with Crippen molar-refractivity contribution in [2.45, 2.75) is 57.9 Å². The number of nitrogens with one attached hydrogen (secondary N) is 2. The van der Waals surface area contributed by atoms with E-state index in [0.717, 1.165) is 6.04 Å². The molecule has 0 bridgehead atoms. The molecule has 2 nitrogen and oxygen atoms in total. The standard InChI is InChI=1S/C13H26N2/c1-13(7-8-13)11-14-9-4-6-12-5-2-3-10-15-12/h12,14-15H,2-11H2,1H3. The molecule has 2 N–H and O–H groups in total. The van der Waals surface area contributed by atoms with Gasteiger partial charge in [0.25, 0.3) is 0 Å². The van der Waals surface area contributed by atoms with Crippen molar-refractivity contribution in [3.8, 4) is 0 Å². The first-order valence-corrected chi connectivity index (χ1v) is 6.73. The average Bonchev–Trinajstić information content (AvgIpc) is 2.98. The van der Waals surface area contributed by atoms with Crippen LogP contribution in [-0.2, 0) is 0 Å². The molecule has 1 heterocycles. The molecule has 1 aliphatic carbocycles. The molecule has 0 aromatic carbocycles. The highest BCUT2D eigenvalue weighted by atomic mass is 14.9. The minimum Gasteiger partial charge on any atom is -0.316 e. The average molecular weight is 210 g/mol. The van der Waals surface area contributed by atoms with Gasteiger partial charge in [0, 0.05) is 12.6 Å². The number of piperidine rings is 1. The molecule has 0 radical (unpaired) electrons. The van der Waals surface area contributed by atoms with E-state index >= 15 is 0 Å². The van der Waals surface area contributed by atoms with Gasteiger partial charge in [-0.1, -0.05) is 13.3 Å². The third-order valence-electron chi connectivity index (χ3n) is 3.97. The van der Waals surface area contributed by atoms with Gasteiger partial charge in [0.2, 0.25) is 0 Å². The third kappa shape index (κ3) is 4.12. The third-order valence-corrected chi connectivity index (χ3v) is 3.97. The topological polar surface area (TPSA) is 24.1 Å². The molecule has 1 atom stereocenters. The van der Waals surface area contributed by atoms with Crippen LogP contribution in [0.5, 0.6) is 0 Å². The van der Waals surface area contributed by atoms with Crippen LogP contribution >= 0.6 is 0 Å². The summed E-state index contributed by atoms with van der Waals surface area (Å²) in [5.41, 5.74) is 0.670. The summed E-state index contributed by atoms with van der Waals surface area (Å²) >= 11 is 0. The maximum Gasteiger partial charge on any atom is 0.00675 e. The first-order valence-electron chi connectivity index (χ1n) is 6.73. The fourth-order valence-corrected chi connectivity index (χ4v) is 2.42. The predicted octanol–water partition coefficient (Wildman–Crippen LogP) is 2.30. The number of hydrogen-bond donors (Lipinski definition) is 2. The molecular weight excluding hydrogens is 184 g/mol. The van der Waals surface area contributed by atoms with E-state index in [-0.39, 0.29) is 0 Å². The summed E-state index contributed by atoms with van der Waals surface area (Å²) in [5, 5.41) is 7.21. The molecule has 0 aromatic rings. The molecule has 0 spiro atoms. The second kappa shape index (κ2) is 5.31. The van der Waals surface area contributed by atoms with E-state index in [1.165, 1.54) is 64.6 Å². The highest BCUT2D eigenvalue weighted by molar-refractivity contribution is 4.90. The van der Waals surface area contributed by atoms with Crippen LogP contribution in [0.2, 0.25) is 0 Å². The van der Waals surface area contributed by atoms with Crippen molar-refractivity contribution in [3.05, 3.63) is 0 Å². The maximum atomic E-state index is 3.61. The van der Waals surface area contributed by atoms with Crippen molar-refractivity contribution in [3.63, 3.8) is 0 Å². The van der Waals surface area contributed by atoms with E-state index in [9.17, 15) is 0 Å². The lowest BCUT2D eigenvalue weighted by atomic mass is 10.0. The zero-order chi connectivity index (χ0) is 10.6. The Bertz CT molecular complexity index is 181. The Balaban J connectivity index is 1.44. The zero-order valence-electron chi connectivity index (χ0n) is 10.1. The second-order valence-corrected chi connectivity index (χ2v) is 5.78. The van der Waals surface area contributed by atoms with E-state index < -0.39 is 0 Å². The summed E-state index contributed by atoms with van der Waals surface area (Å²) in [5.74, 6) is 0. The summed E-state index contributed by atoms with van der Waals surface area (Å²) in [4.78, 5) is 0. The molecule has 1 saturated heterocycles. The van der Waals surface area contributed by atoms with Gasteiger partial charge in [-0.05, 0) is 57.0 Å². The predicted molar refractivity (Wildman–Crippen MR) is 65.1 cm³/mol.